The largest absolute Gasteiger partial charge is 0.496 e. The second-order valence-electron chi connectivity index (χ2n) is 8.22. The molecule has 3 amide bonds. The number of nitrogens with zero attached hydrogens (tertiary/aromatic N) is 1. The molecule has 1 saturated heterocycles. The number of methoxy groups -OCH3 is 1. The zero-order chi connectivity index (χ0) is 24.1. The molecule has 0 aromatic heterocycles. The lowest BCUT2D eigenvalue weighted by Gasteiger charge is -2.19. The van der Waals surface area contributed by atoms with Gasteiger partial charge in [-0.15, -0.1) is 0 Å². The van der Waals surface area contributed by atoms with E-state index in [0.717, 1.165) is 16.8 Å². The SMILES string of the molecule is COc1ccccc1CNC(=O)c1ccccc1NC(=O)[C@H]1CC(=O)N(c2ccccc2C)C1. The van der Waals surface area contributed by atoms with Gasteiger partial charge in [0.2, 0.25) is 11.8 Å². The number of amides is 3. The van der Waals surface area contributed by atoms with Gasteiger partial charge in [-0.2, -0.15) is 0 Å². The minimum atomic E-state index is -0.503. The maximum atomic E-state index is 13.0. The fraction of sp³-hybridized carbons (Fsp3) is 0.222. The molecule has 3 aromatic rings. The molecule has 174 valence electrons. The number of benzene rings is 3. The normalized spacial score (nSPS) is 15.2. The van der Waals surface area contributed by atoms with Crippen LogP contribution in [0.3, 0.4) is 0 Å². The van der Waals surface area contributed by atoms with Crippen molar-refractivity contribution in [3.63, 3.8) is 0 Å². The van der Waals surface area contributed by atoms with Gasteiger partial charge in [0.25, 0.3) is 5.91 Å². The fourth-order valence-electron chi connectivity index (χ4n) is 4.13. The number of ether oxygens (including phenoxy) is 1. The maximum absolute atomic E-state index is 13.0. The fourth-order valence-corrected chi connectivity index (χ4v) is 4.13. The Morgan fingerprint density at radius 3 is 2.50 bits per heavy atom. The van der Waals surface area contributed by atoms with Gasteiger partial charge in [-0.3, -0.25) is 14.4 Å². The van der Waals surface area contributed by atoms with Gasteiger partial charge in [0.15, 0.2) is 0 Å². The first kappa shape index (κ1) is 23.0. The second-order valence-corrected chi connectivity index (χ2v) is 8.22. The highest BCUT2D eigenvalue weighted by atomic mass is 16.5. The number of nitrogens with one attached hydrogen (secondary N) is 2. The Kier molecular flexibility index (Phi) is 6.92. The summed E-state index contributed by atoms with van der Waals surface area (Å²) in [6.45, 7) is 2.53. The molecule has 0 unspecified atom stereocenters. The number of hydrogen-bond donors (Lipinski definition) is 2. The van der Waals surface area contributed by atoms with E-state index in [1.807, 2.05) is 55.5 Å². The first-order chi connectivity index (χ1) is 16.5. The van der Waals surface area contributed by atoms with Crippen LogP contribution in [-0.2, 0) is 16.1 Å². The van der Waals surface area contributed by atoms with Crippen LogP contribution in [0.1, 0.15) is 27.9 Å². The zero-order valence-corrected chi connectivity index (χ0v) is 19.2. The number of hydrogen-bond acceptors (Lipinski definition) is 4. The summed E-state index contributed by atoms with van der Waals surface area (Å²) in [5.41, 5.74) is 3.41. The summed E-state index contributed by atoms with van der Waals surface area (Å²) in [7, 11) is 1.58. The predicted molar refractivity (Wildman–Crippen MR) is 131 cm³/mol. The second kappa shape index (κ2) is 10.2. The van der Waals surface area contributed by atoms with Gasteiger partial charge in [0.05, 0.1) is 24.3 Å². The number of para-hydroxylation sites is 3. The van der Waals surface area contributed by atoms with E-state index in [2.05, 4.69) is 10.6 Å². The summed E-state index contributed by atoms with van der Waals surface area (Å²) in [5, 5.41) is 5.74. The van der Waals surface area contributed by atoms with E-state index >= 15 is 0 Å². The lowest BCUT2D eigenvalue weighted by atomic mass is 10.1. The third kappa shape index (κ3) is 4.93. The van der Waals surface area contributed by atoms with Crippen LogP contribution in [0.15, 0.2) is 72.8 Å². The van der Waals surface area contributed by atoms with Gasteiger partial charge in [-0.1, -0.05) is 48.5 Å². The molecule has 1 aliphatic rings. The number of anilines is 2. The van der Waals surface area contributed by atoms with E-state index < -0.39 is 5.92 Å². The molecule has 0 bridgehead atoms. The molecule has 1 atom stereocenters. The highest BCUT2D eigenvalue weighted by Crippen LogP contribution is 2.29. The van der Waals surface area contributed by atoms with E-state index in [1.165, 1.54) is 0 Å². The molecule has 3 aromatic carbocycles. The Bertz CT molecular complexity index is 1220. The summed E-state index contributed by atoms with van der Waals surface area (Å²) in [4.78, 5) is 40.2. The maximum Gasteiger partial charge on any atom is 0.253 e. The molecule has 1 aliphatic heterocycles. The van der Waals surface area contributed by atoms with Crippen molar-refractivity contribution in [1.82, 2.24) is 5.32 Å². The van der Waals surface area contributed by atoms with Crippen molar-refractivity contribution in [1.29, 1.82) is 0 Å². The Morgan fingerprint density at radius 2 is 1.71 bits per heavy atom. The number of carbonyl (C=O) groups is 3. The molecular formula is C27H27N3O4. The molecule has 0 radical (unpaired) electrons. The lowest BCUT2D eigenvalue weighted by molar-refractivity contribution is -0.122. The number of carbonyl (C=O) groups excluding carboxylic acids is 3. The van der Waals surface area contributed by atoms with Crippen LogP contribution in [0.5, 0.6) is 5.75 Å². The van der Waals surface area contributed by atoms with Gasteiger partial charge in [-0.25, -0.2) is 0 Å². The van der Waals surface area contributed by atoms with Crippen LogP contribution in [0, 0.1) is 12.8 Å². The van der Waals surface area contributed by atoms with Gasteiger partial charge in [-0.05, 0) is 36.8 Å². The minimum Gasteiger partial charge on any atom is -0.496 e. The van der Waals surface area contributed by atoms with E-state index in [1.54, 1.807) is 36.3 Å². The van der Waals surface area contributed by atoms with Crippen LogP contribution in [0.25, 0.3) is 0 Å². The van der Waals surface area contributed by atoms with Crippen molar-refractivity contribution < 1.29 is 19.1 Å². The Hall–Kier alpha value is -4.13. The molecule has 34 heavy (non-hydrogen) atoms. The molecular weight excluding hydrogens is 430 g/mol. The van der Waals surface area contributed by atoms with Gasteiger partial charge in [0, 0.05) is 30.8 Å². The molecule has 4 rings (SSSR count). The quantitative estimate of drug-likeness (QED) is 0.563. The summed E-state index contributed by atoms with van der Waals surface area (Å²) >= 11 is 0. The van der Waals surface area contributed by atoms with Crippen molar-refractivity contribution in [3.8, 4) is 5.75 Å². The Morgan fingerprint density at radius 1 is 1.00 bits per heavy atom. The summed E-state index contributed by atoms with van der Waals surface area (Å²) < 4.78 is 5.33. The van der Waals surface area contributed by atoms with Crippen LogP contribution >= 0.6 is 0 Å². The van der Waals surface area contributed by atoms with Crippen LogP contribution in [0.2, 0.25) is 0 Å². The first-order valence-corrected chi connectivity index (χ1v) is 11.1. The molecule has 2 N–H and O–H groups in total. The highest BCUT2D eigenvalue weighted by Gasteiger charge is 2.36. The Labute approximate surface area is 198 Å². The molecule has 0 spiro atoms. The van der Waals surface area contributed by atoms with Gasteiger partial charge >= 0.3 is 0 Å². The highest BCUT2D eigenvalue weighted by molar-refractivity contribution is 6.07. The van der Waals surface area contributed by atoms with E-state index in [0.29, 0.717) is 23.5 Å². The van der Waals surface area contributed by atoms with E-state index in [-0.39, 0.29) is 30.7 Å². The summed E-state index contributed by atoms with van der Waals surface area (Å²) in [6, 6.07) is 21.9. The van der Waals surface area contributed by atoms with E-state index in [9.17, 15) is 14.4 Å². The molecule has 7 nitrogen and oxygen atoms in total. The lowest BCUT2D eigenvalue weighted by Crippen LogP contribution is -2.29. The monoisotopic (exact) mass is 457 g/mol. The van der Waals surface area contributed by atoms with Gasteiger partial charge < -0.3 is 20.3 Å². The van der Waals surface area contributed by atoms with Crippen LogP contribution < -0.4 is 20.3 Å². The average molecular weight is 458 g/mol. The predicted octanol–water partition coefficient (Wildman–Crippen LogP) is 3.93. The van der Waals surface area contributed by atoms with E-state index in [4.69, 9.17) is 4.74 Å². The standard InChI is InChI=1S/C27H27N3O4/c1-18-9-3-7-13-23(18)30-17-20(15-25(30)31)26(32)29-22-12-6-5-11-21(22)27(33)28-16-19-10-4-8-14-24(19)34-2/h3-14,20H,15-17H2,1-2H3,(H,28,33)(H,29,32)/t20-/m0/s1. The first-order valence-electron chi connectivity index (χ1n) is 11.1. The van der Waals surface area contributed by atoms with Crippen LogP contribution in [0.4, 0.5) is 11.4 Å². The smallest absolute Gasteiger partial charge is 0.253 e. The van der Waals surface area contributed by atoms with Crippen molar-refractivity contribution in [2.75, 3.05) is 23.9 Å². The molecule has 0 saturated carbocycles. The minimum absolute atomic E-state index is 0.0858. The molecule has 1 heterocycles. The third-order valence-electron chi connectivity index (χ3n) is 5.96. The number of aryl methyl sites for hydroxylation is 1. The zero-order valence-electron chi connectivity index (χ0n) is 19.2. The summed E-state index contributed by atoms with van der Waals surface area (Å²) in [6.07, 6.45) is 0.127. The average Bonchev–Trinajstić information content (AvgIpc) is 3.24. The van der Waals surface area contributed by atoms with Crippen LogP contribution in [-0.4, -0.2) is 31.4 Å². The van der Waals surface area contributed by atoms with Crippen molar-refractivity contribution in [3.05, 3.63) is 89.5 Å². The summed E-state index contributed by atoms with van der Waals surface area (Å²) in [5.74, 6) is -0.497. The molecule has 0 aliphatic carbocycles. The number of rotatable bonds is 7. The van der Waals surface area contributed by atoms with Gasteiger partial charge in [0.1, 0.15) is 5.75 Å². The topological polar surface area (TPSA) is 87.7 Å². The third-order valence-corrected chi connectivity index (χ3v) is 5.96. The van der Waals surface area contributed by atoms with Crippen molar-refractivity contribution in [2.45, 2.75) is 19.9 Å². The Balaban J connectivity index is 1.44. The molecule has 7 heteroatoms. The van der Waals surface area contributed by atoms with Crippen molar-refractivity contribution >= 4 is 29.1 Å². The van der Waals surface area contributed by atoms with Crippen molar-refractivity contribution in [2.24, 2.45) is 5.92 Å². The molecule has 1 fully saturated rings.